The van der Waals surface area contributed by atoms with Crippen LogP contribution >= 0.6 is 15.8 Å². The molecule has 0 heterocycles. The summed E-state index contributed by atoms with van der Waals surface area (Å²) < 4.78 is 0. The first-order valence-corrected chi connectivity index (χ1v) is 23.3. The first kappa shape index (κ1) is 44.8. The van der Waals surface area contributed by atoms with Crippen molar-refractivity contribution in [2.24, 2.45) is 0 Å². The molecule has 8 aromatic carbocycles. The SMILES string of the molecule is [Au+].[Au+].[C-]#Cc1ccc2c(c1)-c1ccccc1C2.[C-]#Cc1ccc2c(c1)-c1ccccc1C2.c1ccc([PH+](CC[PH+](c2ccccc2)c2ccccc2)c2ccccc2)cc1. The van der Waals surface area contributed by atoms with E-state index in [1.165, 1.54) is 78.0 Å². The average molecular weight is 1170 g/mol. The van der Waals surface area contributed by atoms with Crippen LogP contribution in [0.2, 0.25) is 0 Å². The van der Waals surface area contributed by atoms with Crippen LogP contribution in [0.4, 0.5) is 0 Å². The Kier molecular flexibility index (Phi) is 16.5. The van der Waals surface area contributed by atoms with E-state index in [4.69, 9.17) is 12.8 Å². The van der Waals surface area contributed by atoms with Crippen LogP contribution in [-0.2, 0) is 57.6 Å². The van der Waals surface area contributed by atoms with Crippen molar-refractivity contribution < 1.29 is 44.8 Å². The Bertz CT molecular complexity index is 2430. The largest absolute Gasteiger partial charge is 1.00 e. The monoisotopic (exact) mass is 1170 g/mol. The Morgan fingerprint density at radius 1 is 0.333 bits per heavy atom. The molecule has 0 radical (unpaired) electrons. The van der Waals surface area contributed by atoms with Crippen LogP contribution in [0, 0.1) is 24.7 Å². The van der Waals surface area contributed by atoms with Gasteiger partial charge in [0.05, 0.1) is 37.1 Å². The van der Waals surface area contributed by atoms with Gasteiger partial charge in [0.25, 0.3) is 0 Å². The van der Waals surface area contributed by atoms with E-state index >= 15 is 0 Å². The van der Waals surface area contributed by atoms with Gasteiger partial charge in [0.2, 0.25) is 0 Å². The molecule has 0 saturated carbocycles. The predicted molar refractivity (Wildman–Crippen MR) is 253 cm³/mol. The fourth-order valence-electron chi connectivity index (χ4n) is 8.12. The first-order valence-electron chi connectivity index (χ1n) is 19.9. The number of hydrogen-bond donors (Lipinski definition) is 0. The Hall–Kier alpha value is -4.78. The van der Waals surface area contributed by atoms with Crippen molar-refractivity contribution in [3.05, 3.63) is 252 Å². The number of hydrogen-bond acceptors (Lipinski definition) is 0. The second-order valence-electron chi connectivity index (χ2n) is 14.6. The molecule has 0 fully saturated rings. The molecule has 0 unspecified atom stereocenters. The minimum Gasteiger partial charge on any atom is -0.366 e. The fraction of sp³-hybridized carbons (Fsp3) is 0.0714. The van der Waals surface area contributed by atoms with E-state index in [9.17, 15) is 0 Å². The van der Waals surface area contributed by atoms with E-state index in [2.05, 4.69) is 194 Å². The fourth-order valence-corrected chi connectivity index (χ4v) is 14.3. The number of fused-ring (bicyclic) bond motifs is 6. The molecule has 2 aliphatic carbocycles. The Labute approximate surface area is 390 Å². The van der Waals surface area contributed by atoms with Crippen molar-refractivity contribution in [3.8, 4) is 34.1 Å². The normalized spacial score (nSPS) is 11.0. The van der Waals surface area contributed by atoms with E-state index < -0.39 is 15.8 Å². The topological polar surface area (TPSA) is 0 Å². The smallest absolute Gasteiger partial charge is 0.366 e. The summed E-state index contributed by atoms with van der Waals surface area (Å²) in [5, 5.41) is 6.06. The maximum Gasteiger partial charge on any atom is 1.00 e. The molecule has 0 N–H and O–H groups in total. The van der Waals surface area contributed by atoms with Crippen molar-refractivity contribution in [1.29, 1.82) is 0 Å². The summed E-state index contributed by atoms with van der Waals surface area (Å²) in [7, 11) is -1.57. The van der Waals surface area contributed by atoms with Crippen molar-refractivity contribution in [2.75, 3.05) is 12.3 Å². The van der Waals surface area contributed by atoms with E-state index in [1.54, 1.807) is 0 Å². The molecule has 4 heteroatoms. The van der Waals surface area contributed by atoms with Crippen LogP contribution in [0.15, 0.2) is 206 Å². The summed E-state index contributed by atoms with van der Waals surface area (Å²) in [5.41, 5.74) is 12.3. The van der Waals surface area contributed by atoms with E-state index in [0.717, 1.165) is 24.0 Å². The zero-order valence-electron chi connectivity index (χ0n) is 33.1. The maximum atomic E-state index is 7.14. The molecule has 0 saturated heterocycles. The molecule has 0 amide bonds. The van der Waals surface area contributed by atoms with Gasteiger partial charge in [0, 0.05) is 0 Å². The van der Waals surface area contributed by atoms with Crippen LogP contribution < -0.4 is 21.2 Å². The van der Waals surface area contributed by atoms with Crippen LogP contribution in [0.3, 0.4) is 0 Å². The van der Waals surface area contributed by atoms with Crippen molar-refractivity contribution in [1.82, 2.24) is 0 Å². The summed E-state index contributed by atoms with van der Waals surface area (Å²) in [6, 6.07) is 73.6. The second-order valence-corrected chi connectivity index (χ2v) is 19.8. The molecule has 0 atom stereocenters. The molecular weight excluding hydrogens is 1130 g/mol. The summed E-state index contributed by atoms with van der Waals surface area (Å²) in [5.74, 6) is 4.87. The van der Waals surface area contributed by atoms with Gasteiger partial charge in [0.1, 0.15) is 12.3 Å². The minimum atomic E-state index is -0.783. The molecular formula is C56H44Au2P2+2. The van der Waals surface area contributed by atoms with Crippen LogP contribution in [0.25, 0.3) is 22.3 Å². The molecule has 60 heavy (non-hydrogen) atoms. The third-order valence-corrected chi connectivity index (χ3v) is 17.1. The van der Waals surface area contributed by atoms with Crippen LogP contribution in [-0.4, -0.2) is 12.3 Å². The van der Waals surface area contributed by atoms with Crippen molar-refractivity contribution in [2.45, 2.75) is 12.8 Å². The molecule has 0 bridgehead atoms. The second kappa shape index (κ2) is 22.2. The minimum absolute atomic E-state index is 0. The predicted octanol–water partition coefficient (Wildman–Crippen LogP) is 11.1. The quantitative estimate of drug-likeness (QED) is 0.0646. The Morgan fingerprint density at radius 2 is 0.617 bits per heavy atom. The summed E-state index contributed by atoms with van der Waals surface area (Å²) in [6.07, 6.45) is 18.8. The molecule has 0 aromatic heterocycles. The molecule has 2 aliphatic rings. The van der Waals surface area contributed by atoms with Gasteiger partial charge in [-0.15, -0.1) is 35.4 Å². The number of benzene rings is 8. The maximum absolute atomic E-state index is 7.14. The Morgan fingerprint density at radius 3 is 0.933 bits per heavy atom. The van der Waals surface area contributed by atoms with Gasteiger partial charge in [-0.05, 0) is 106 Å². The standard InChI is InChI=1S/C26H24P2.2C15H9.2Au/c1-5-13-23(14-6-1)27(24-15-7-2-8-16-24)21-22-28(25-17-9-3-10-18-25)26-19-11-4-12-20-26;2*1-2-11-7-8-13-10-12-5-3-4-6-14(12)15(13)9-11;;/h1-20H,21-22H2;2*3-9H,10H2;;/q;2*-1;2*+1/p+2. The van der Waals surface area contributed by atoms with E-state index in [1.807, 2.05) is 24.3 Å². The van der Waals surface area contributed by atoms with Gasteiger partial charge in [-0.3, -0.25) is 11.8 Å². The summed E-state index contributed by atoms with van der Waals surface area (Å²) in [6.45, 7) is 0. The average Bonchev–Trinajstić information content (AvgIpc) is 3.87. The van der Waals surface area contributed by atoms with Gasteiger partial charge in [-0.25, -0.2) is 0 Å². The zero-order valence-corrected chi connectivity index (χ0v) is 39.4. The van der Waals surface area contributed by atoms with Gasteiger partial charge in [-0.2, -0.15) is 0 Å². The third kappa shape index (κ3) is 10.7. The molecule has 10 rings (SSSR count). The molecule has 0 nitrogen and oxygen atoms in total. The van der Waals surface area contributed by atoms with Gasteiger partial charge >= 0.3 is 44.8 Å². The van der Waals surface area contributed by atoms with Crippen molar-refractivity contribution in [3.63, 3.8) is 0 Å². The third-order valence-electron chi connectivity index (χ3n) is 11.0. The zero-order chi connectivity index (χ0) is 39.5. The van der Waals surface area contributed by atoms with Crippen LogP contribution in [0.5, 0.6) is 0 Å². The van der Waals surface area contributed by atoms with Gasteiger partial charge in [0.15, 0.2) is 0 Å². The van der Waals surface area contributed by atoms with Gasteiger partial charge < -0.3 is 12.8 Å². The molecule has 8 aromatic rings. The van der Waals surface area contributed by atoms with Gasteiger partial charge in [-0.1, -0.05) is 133 Å². The first-order chi connectivity index (χ1) is 28.7. The number of rotatable bonds is 7. The summed E-state index contributed by atoms with van der Waals surface area (Å²) >= 11 is 0. The molecule has 0 spiro atoms. The van der Waals surface area contributed by atoms with Crippen molar-refractivity contribution >= 4 is 37.1 Å². The molecule has 298 valence electrons. The van der Waals surface area contributed by atoms with E-state index in [-0.39, 0.29) is 44.8 Å². The van der Waals surface area contributed by atoms with Crippen LogP contribution in [0.1, 0.15) is 33.4 Å². The van der Waals surface area contributed by atoms with E-state index in [0.29, 0.717) is 0 Å². The molecule has 0 aliphatic heterocycles. The summed E-state index contributed by atoms with van der Waals surface area (Å²) in [4.78, 5) is 0. The Balaban J connectivity index is 0.000000160.